The Labute approximate surface area is 69.4 Å². The van der Waals surface area contributed by atoms with Crippen LogP contribution in [0.15, 0.2) is 0 Å². The molecule has 2 heteroatoms. The van der Waals surface area contributed by atoms with Crippen LogP contribution in [0.2, 0.25) is 0 Å². The van der Waals surface area contributed by atoms with E-state index in [-0.39, 0.29) is 16.2 Å². The first kappa shape index (κ1) is 9.01. The second kappa shape index (κ2) is 2.46. The second-order valence-electron chi connectivity index (χ2n) is 4.54. The van der Waals surface area contributed by atoms with Gasteiger partial charge in [-0.15, -0.1) is 0 Å². The van der Waals surface area contributed by atoms with E-state index in [0.29, 0.717) is 0 Å². The molecule has 11 heavy (non-hydrogen) atoms. The van der Waals surface area contributed by atoms with Crippen LogP contribution in [0.5, 0.6) is 0 Å². The molecule has 0 aliphatic carbocycles. The van der Waals surface area contributed by atoms with Crippen LogP contribution in [0.1, 0.15) is 40.0 Å². The van der Waals surface area contributed by atoms with Gasteiger partial charge in [0.1, 0.15) is 0 Å². The molecule has 0 aromatic heterocycles. The molecule has 0 aromatic carbocycles. The van der Waals surface area contributed by atoms with Gasteiger partial charge in [0.15, 0.2) is 0 Å². The summed E-state index contributed by atoms with van der Waals surface area (Å²) in [5, 5.41) is 12.0. The number of hydrogen-bond donors (Lipinski definition) is 0. The minimum absolute atomic E-state index is 0.0625. The molecule has 1 fully saturated rings. The van der Waals surface area contributed by atoms with Crippen LogP contribution in [0.4, 0.5) is 0 Å². The van der Waals surface area contributed by atoms with Gasteiger partial charge in [0, 0.05) is 6.42 Å². The van der Waals surface area contributed by atoms with Crippen molar-refractivity contribution in [2.24, 2.45) is 0 Å². The lowest BCUT2D eigenvalue weighted by Crippen LogP contribution is -2.61. The van der Waals surface area contributed by atoms with Crippen LogP contribution in [-0.4, -0.2) is 23.3 Å². The van der Waals surface area contributed by atoms with Crippen molar-refractivity contribution in [3.8, 4) is 0 Å². The zero-order chi connectivity index (χ0) is 8.70. The van der Waals surface area contributed by atoms with Gasteiger partial charge in [-0.1, -0.05) is 0 Å². The molecule has 0 aromatic rings. The Morgan fingerprint density at radius 1 is 1.45 bits per heavy atom. The molecule has 1 heterocycles. The SMILES string of the molecule is CC1CCCC(C)(C)[N+]1(C)[O-]. The maximum absolute atomic E-state index is 12.0. The highest BCUT2D eigenvalue weighted by atomic mass is 16.6. The lowest BCUT2D eigenvalue weighted by molar-refractivity contribution is -0.937. The van der Waals surface area contributed by atoms with Crippen molar-refractivity contribution in [1.29, 1.82) is 0 Å². The number of likely N-dealkylation sites (tertiary alicyclic amines) is 1. The lowest BCUT2D eigenvalue weighted by atomic mass is 9.87. The molecule has 66 valence electrons. The Balaban J connectivity index is 2.82. The number of hydrogen-bond acceptors (Lipinski definition) is 1. The molecule has 0 bridgehead atoms. The average Bonchev–Trinajstić information content (AvgIpc) is 1.84. The molecule has 0 spiro atoms. The van der Waals surface area contributed by atoms with E-state index in [1.165, 1.54) is 6.42 Å². The van der Waals surface area contributed by atoms with Gasteiger partial charge in [-0.3, -0.25) is 0 Å². The van der Waals surface area contributed by atoms with Gasteiger partial charge in [-0.05, 0) is 33.6 Å². The highest BCUT2D eigenvalue weighted by molar-refractivity contribution is 4.78. The summed E-state index contributed by atoms with van der Waals surface area (Å²) in [6.07, 6.45) is 3.37. The maximum Gasteiger partial charge on any atom is 0.0932 e. The molecule has 2 atom stereocenters. The molecule has 0 saturated carbocycles. The van der Waals surface area contributed by atoms with Gasteiger partial charge in [0.25, 0.3) is 0 Å². The Kier molecular flexibility index (Phi) is 2.01. The summed E-state index contributed by atoms with van der Waals surface area (Å²) in [5.41, 5.74) is -0.0718. The number of rotatable bonds is 0. The fourth-order valence-electron chi connectivity index (χ4n) is 1.90. The Hall–Kier alpha value is -0.0800. The van der Waals surface area contributed by atoms with Gasteiger partial charge in [0.2, 0.25) is 0 Å². The first-order chi connectivity index (χ1) is 4.88. The zero-order valence-electron chi connectivity index (χ0n) is 8.05. The number of hydroxylamine groups is 3. The van der Waals surface area contributed by atoms with E-state index in [4.69, 9.17) is 0 Å². The number of quaternary nitrogens is 1. The van der Waals surface area contributed by atoms with Crippen molar-refractivity contribution in [1.82, 2.24) is 0 Å². The summed E-state index contributed by atoms with van der Waals surface area (Å²) in [7, 11) is 1.81. The molecule has 1 saturated heterocycles. The summed E-state index contributed by atoms with van der Waals surface area (Å²) in [4.78, 5) is 0. The molecule has 1 rings (SSSR count). The third-order valence-corrected chi connectivity index (χ3v) is 3.45. The Morgan fingerprint density at radius 2 is 2.00 bits per heavy atom. The van der Waals surface area contributed by atoms with Crippen molar-refractivity contribution in [3.63, 3.8) is 0 Å². The zero-order valence-corrected chi connectivity index (χ0v) is 8.05. The molecule has 2 unspecified atom stereocenters. The molecular formula is C9H19NO. The van der Waals surface area contributed by atoms with Gasteiger partial charge >= 0.3 is 0 Å². The maximum atomic E-state index is 12.0. The van der Waals surface area contributed by atoms with Crippen LogP contribution in [-0.2, 0) is 0 Å². The van der Waals surface area contributed by atoms with E-state index in [9.17, 15) is 5.21 Å². The molecule has 0 amide bonds. The van der Waals surface area contributed by atoms with Crippen LogP contribution >= 0.6 is 0 Å². The fourth-order valence-corrected chi connectivity index (χ4v) is 1.90. The monoisotopic (exact) mass is 157 g/mol. The van der Waals surface area contributed by atoms with Crippen molar-refractivity contribution < 1.29 is 4.65 Å². The molecule has 0 radical (unpaired) electrons. The normalized spacial score (nSPS) is 43.9. The van der Waals surface area contributed by atoms with Crippen LogP contribution in [0.3, 0.4) is 0 Å². The summed E-state index contributed by atoms with van der Waals surface area (Å²) in [6, 6.07) is 0.277. The molecule has 1 aliphatic rings. The van der Waals surface area contributed by atoms with E-state index >= 15 is 0 Å². The van der Waals surface area contributed by atoms with E-state index in [0.717, 1.165) is 12.8 Å². The Morgan fingerprint density at radius 3 is 2.36 bits per heavy atom. The van der Waals surface area contributed by atoms with Gasteiger partial charge in [-0.25, -0.2) is 0 Å². The van der Waals surface area contributed by atoms with Crippen LogP contribution in [0, 0.1) is 5.21 Å². The quantitative estimate of drug-likeness (QED) is 0.391. The van der Waals surface area contributed by atoms with Gasteiger partial charge < -0.3 is 9.85 Å². The van der Waals surface area contributed by atoms with Crippen molar-refractivity contribution in [2.45, 2.75) is 51.6 Å². The highest BCUT2D eigenvalue weighted by Gasteiger charge is 2.40. The van der Waals surface area contributed by atoms with E-state index < -0.39 is 0 Å². The highest BCUT2D eigenvalue weighted by Crippen LogP contribution is 2.36. The first-order valence-corrected chi connectivity index (χ1v) is 4.45. The third-order valence-electron chi connectivity index (χ3n) is 3.45. The second-order valence-corrected chi connectivity index (χ2v) is 4.54. The number of nitrogens with zero attached hydrogens (tertiary/aromatic N) is 1. The molecule has 0 N–H and O–H groups in total. The smallest absolute Gasteiger partial charge is 0.0932 e. The topological polar surface area (TPSA) is 23.1 Å². The first-order valence-electron chi connectivity index (χ1n) is 4.45. The summed E-state index contributed by atoms with van der Waals surface area (Å²) < 4.78 is -0.0625. The molecular weight excluding hydrogens is 138 g/mol. The van der Waals surface area contributed by atoms with E-state index in [1.807, 2.05) is 7.05 Å². The Bertz CT molecular complexity index is 152. The predicted octanol–water partition coefficient (Wildman–Crippen LogP) is 2.28. The summed E-state index contributed by atoms with van der Waals surface area (Å²) in [6.45, 7) is 6.22. The summed E-state index contributed by atoms with van der Waals surface area (Å²) >= 11 is 0. The molecule has 1 aliphatic heterocycles. The third kappa shape index (κ3) is 1.30. The average molecular weight is 157 g/mol. The number of piperidine rings is 1. The van der Waals surface area contributed by atoms with Crippen molar-refractivity contribution >= 4 is 0 Å². The lowest BCUT2D eigenvalue weighted by Gasteiger charge is -2.58. The van der Waals surface area contributed by atoms with Gasteiger partial charge in [-0.2, -0.15) is 0 Å². The van der Waals surface area contributed by atoms with E-state index in [2.05, 4.69) is 20.8 Å². The minimum atomic E-state index is -0.0718. The van der Waals surface area contributed by atoms with E-state index in [1.54, 1.807) is 0 Å². The van der Waals surface area contributed by atoms with Crippen molar-refractivity contribution in [2.75, 3.05) is 7.05 Å². The predicted molar refractivity (Wildman–Crippen MR) is 46.9 cm³/mol. The van der Waals surface area contributed by atoms with Crippen LogP contribution in [0.25, 0.3) is 0 Å². The van der Waals surface area contributed by atoms with Crippen LogP contribution < -0.4 is 0 Å². The minimum Gasteiger partial charge on any atom is -0.632 e. The standard InChI is InChI=1S/C9H19NO/c1-8-6-5-7-9(2,3)10(8,4)11/h8H,5-7H2,1-4H3. The van der Waals surface area contributed by atoms with Gasteiger partial charge in [0.05, 0.1) is 18.6 Å². The molecule has 2 nitrogen and oxygen atoms in total. The summed E-state index contributed by atoms with van der Waals surface area (Å²) in [5.74, 6) is 0. The fraction of sp³-hybridized carbons (Fsp3) is 1.00. The largest absolute Gasteiger partial charge is 0.632 e. The van der Waals surface area contributed by atoms with Crippen molar-refractivity contribution in [3.05, 3.63) is 5.21 Å².